The Morgan fingerprint density at radius 2 is 1.77 bits per heavy atom. The molecule has 0 saturated carbocycles. The second kappa shape index (κ2) is 8.63. The molecule has 9 heteroatoms. The molecule has 154 valence electrons. The van der Waals surface area contributed by atoms with Gasteiger partial charge in [0, 0.05) is 49.9 Å². The summed E-state index contributed by atoms with van der Waals surface area (Å²) in [5, 5.41) is 10.6. The highest BCUT2D eigenvalue weighted by atomic mass is 32.1. The summed E-state index contributed by atoms with van der Waals surface area (Å²) in [6.45, 7) is 3.63. The number of piperazine rings is 1. The van der Waals surface area contributed by atoms with Crippen LogP contribution in [0.3, 0.4) is 0 Å². The monoisotopic (exact) mass is 438 g/mol. The normalized spacial score (nSPS) is 19.9. The van der Waals surface area contributed by atoms with Crippen LogP contribution in [0.5, 0.6) is 0 Å². The Morgan fingerprint density at radius 3 is 2.47 bits per heavy atom. The summed E-state index contributed by atoms with van der Waals surface area (Å²) < 4.78 is 0. The van der Waals surface area contributed by atoms with E-state index in [1.165, 1.54) is 4.88 Å². The Balaban J connectivity index is 1.26. The number of hydrogen-bond donors (Lipinski definition) is 0. The van der Waals surface area contributed by atoms with Crippen LogP contribution in [0, 0.1) is 0 Å². The van der Waals surface area contributed by atoms with Gasteiger partial charge in [-0.05, 0) is 29.0 Å². The molecule has 2 aliphatic rings. The molecule has 5 rings (SSSR count). The Labute approximate surface area is 183 Å². The number of nitrogens with zero attached hydrogens (tertiary/aromatic N) is 6. The van der Waals surface area contributed by atoms with E-state index in [2.05, 4.69) is 42.7 Å². The largest absolute Gasteiger partial charge is 0.338 e. The van der Waals surface area contributed by atoms with Crippen molar-refractivity contribution in [1.82, 2.24) is 19.9 Å². The smallest absolute Gasteiger partial charge is 0.257 e. The van der Waals surface area contributed by atoms with E-state index in [9.17, 15) is 4.79 Å². The van der Waals surface area contributed by atoms with Crippen LogP contribution in [-0.4, -0.2) is 64.2 Å². The number of aromatic nitrogens is 2. The predicted molar refractivity (Wildman–Crippen MR) is 120 cm³/mol. The lowest BCUT2D eigenvalue weighted by atomic mass is 10.1. The molecule has 5 heterocycles. The number of carbonyl (C=O) groups is 1. The Bertz CT molecular complexity index is 998. The van der Waals surface area contributed by atoms with E-state index in [1.807, 2.05) is 18.2 Å². The van der Waals surface area contributed by atoms with Gasteiger partial charge >= 0.3 is 0 Å². The Kier molecular flexibility index (Phi) is 5.56. The van der Waals surface area contributed by atoms with E-state index in [1.54, 1.807) is 40.1 Å². The molecule has 30 heavy (non-hydrogen) atoms. The second-order valence-corrected chi connectivity index (χ2v) is 9.24. The maximum absolute atomic E-state index is 13.2. The number of rotatable bonds is 5. The quantitative estimate of drug-likeness (QED) is 0.613. The van der Waals surface area contributed by atoms with Crippen molar-refractivity contribution in [3.05, 3.63) is 63.2 Å². The standard InChI is InChI=1S/C21H22N6OS2/c28-20(15-25-8-10-26(11-9-25)21-22-6-3-7-23-21)27-17(19-5-2-13-30-19)14-16(24-27)18-4-1-12-29-18/h1-7,12-13,17H,8-11,14-15H2/t17-/m1/s1. The van der Waals surface area contributed by atoms with Crippen LogP contribution in [-0.2, 0) is 4.79 Å². The van der Waals surface area contributed by atoms with Crippen molar-refractivity contribution < 1.29 is 4.79 Å². The van der Waals surface area contributed by atoms with Crippen molar-refractivity contribution in [1.29, 1.82) is 0 Å². The maximum Gasteiger partial charge on any atom is 0.257 e. The first-order valence-corrected chi connectivity index (χ1v) is 11.7. The van der Waals surface area contributed by atoms with Gasteiger partial charge in [-0.25, -0.2) is 15.0 Å². The summed E-state index contributed by atoms with van der Waals surface area (Å²) >= 11 is 3.36. The van der Waals surface area contributed by atoms with Gasteiger partial charge in [-0.15, -0.1) is 22.7 Å². The lowest BCUT2D eigenvalue weighted by Crippen LogP contribution is -2.50. The molecule has 1 fully saturated rings. The van der Waals surface area contributed by atoms with Crippen molar-refractivity contribution in [3.63, 3.8) is 0 Å². The van der Waals surface area contributed by atoms with Crippen LogP contribution in [0.15, 0.2) is 58.6 Å². The summed E-state index contributed by atoms with van der Waals surface area (Å²) in [5.74, 6) is 0.815. The molecule has 0 aliphatic carbocycles. The van der Waals surface area contributed by atoms with E-state index < -0.39 is 0 Å². The third kappa shape index (κ3) is 4.00. The van der Waals surface area contributed by atoms with Crippen LogP contribution in [0.25, 0.3) is 0 Å². The van der Waals surface area contributed by atoms with Gasteiger partial charge in [-0.3, -0.25) is 9.69 Å². The van der Waals surface area contributed by atoms with Crippen molar-refractivity contribution in [3.8, 4) is 0 Å². The molecule has 2 aliphatic heterocycles. The Morgan fingerprint density at radius 1 is 1.00 bits per heavy atom. The first-order chi connectivity index (χ1) is 14.8. The van der Waals surface area contributed by atoms with Crippen molar-refractivity contribution in [2.45, 2.75) is 12.5 Å². The van der Waals surface area contributed by atoms with Gasteiger partial charge in [0.1, 0.15) is 0 Å². The van der Waals surface area contributed by atoms with Crippen LogP contribution < -0.4 is 4.90 Å². The highest BCUT2D eigenvalue weighted by Crippen LogP contribution is 2.36. The number of carbonyl (C=O) groups excluding carboxylic acids is 1. The molecule has 1 atom stereocenters. The predicted octanol–water partition coefficient (Wildman–Crippen LogP) is 3.10. The van der Waals surface area contributed by atoms with Gasteiger partial charge in [-0.2, -0.15) is 5.10 Å². The summed E-state index contributed by atoms with van der Waals surface area (Å²) in [6, 6.07) is 10.1. The molecular formula is C21H22N6OS2. The molecule has 0 spiro atoms. The van der Waals surface area contributed by atoms with E-state index in [-0.39, 0.29) is 11.9 Å². The lowest BCUT2D eigenvalue weighted by Gasteiger charge is -2.35. The summed E-state index contributed by atoms with van der Waals surface area (Å²) in [6.07, 6.45) is 4.30. The fourth-order valence-electron chi connectivity index (χ4n) is 3.86. The molecule has 7 nitrogen and oxygen atoms in total. The molecule has 3 aromatic heterocycles. The number of thiophene rings is 2. The fourth-order valence-corrected chi connectivity index (χ4v) is 5.39. The second-order valence-electron chi connectivity index (χ2n) is 7.31. The number of hydrogen-bond acceptors (Lipinski definition) is 8. The molecule has 3 aromatic rings. The van der Waals surface area contributed by atoms with Gasteiger partial charge in [0.25, 0.3) is 5.91 Å². The van der Waals surface area contributed by atoms with E-state index in [4.69, 9.17) is 5.10 Å². The number of hydrazone groups is 1. The SMILES string of the molecule is O=C(CN1CCN(c2ncccn2)CC1)N1N=C(c2cccs2)C[C@@H]1c1cccs1. The van der Waals surface area contributed by atoms with Crippen molar-refractivity contribution in [2.24, 2.45) is 5.10 Å². The van der Waals surface area contributed by atoms with Gasteiger partial charge in [0.05, 0.1) is 23.2 Å². The molecule has 0 N–H and O–H groups in total. The molecule has 0 radical (unpaired) electrons. The summed E-state index contributed by atoms with van der Waals surface area (Å²) in [7, 11) is 0. The number of anilines is 1. The minimum Gasteiger partial charge on any atom is -0.338 e. The van der Waals surface area contributed by atoms with E-state index in [0.717, 1.165) is 49.1 Å². The molecule has 1 saturated heterocycles. The van der Waals surface area contributed by atoms with Crippen LogP contribution in [0.2, 0.25) is 0 Å². The third-order valence-corrected chi connectivity index (χ3v) is 7.30. The number of amides is 1. The minimum absolute atomic E-state index is 0.00592. The van der Waals surface area contributed by atoms with Crippen molar-refractivity contribution >= 4 is 40.2 Å². The first kappa shape index (κ1) is 19.3. The average molecular weight is 439 g/mol. The lowest BCUT2D eigenvalue weighted by molar-refractivity contribution is -0.134. The zero-order valence-corrected chi connectivity index (χ0v) is 18.1. The summed E-state index contributed by atoms with van der Waals surface area (Å²) in [5.41, 5.74) is 1.00. The molecular weight excluding hydrogens is 416 g/mol. The zero-order valence-electron chi connectivity index (χ0n) is 16.4. The first-order valence-electron chi connectivity index (χ1n) is 9.99. The van der Waals surface area contributed by atoms with E-state index >= 15 is 0 Å². The van der Waals surface area contributed by atoms with Gasteiger partial charge in [0.2, 0.25) is 5.95 Å². The Hall–Kier alpha value is -2.62. The van der Waals surface area contributed by atoms with Crippen LogP contribution >= 0.6 is 22.7 Å². The van der Waals surface area contributed by atoms with Gasteiger partial charge in [0.15, 0.2) is 0 Å². The average Bonchev–Trinajstić information content (AvgIpc) is 3.56. The molecule has 1 amide bonds. The van der Waals surface area contributed by atoms with Crippen LogP contribution in [0.1, 0.15) is 22.2 Å². The van der Waals surface area contributed by atoms with Gasteiger partial charge < -0.3 is 4.90 Å². The highest BCUT2D eigenvalue weighted by molar-refractivity contribution is 7.12. The zero-order chi connectivity index (χ0) is 20.3. The third-order valence-electron chi connectivity index (χ3n) is 5.41. The maximum atomic E-state index is 13.2. The fraction of sp³-hybridized carbons (Fsp3) is 0.333. The highest BCUT2D eigenvalue weighted by Gasteiger charge is 2.35. The van der Waals surface area contributed by atoms with Crippen LogP contribution in [0.4, 0.5) is 5.95 Å². The molecule has 0 aromatic carbocycles. The molecule has 0 unspecified atom stereocenters. The van der Waals surface area contributed by atoms with Gasteiger partial charge in [-0.1, -0.05) is 12.1 Å². The molecule has 0 bridgehead atoms. The topological polar surface area (TPSA) is 64.9 Å². The summed E-state index contributed by atoms with van der Waals surface area (Å²) in [4.78, 5) is 28.6. The van der Waals surface area contributed by atoms with Crippen molar-refractivity contribution in [2.75, 3.05) is 37.6 Å². The van der Waals surface area contributed by atoms with E-state index in [0.29, 0.717) is 6.54 Å². The minimum atomic E-state index is -0.00592.